The van der Waals surface area contributed by atoms with Crippen molar-refractivity contribution in [1.82, 2.24) is 15.5 Å². The van der Waals surface area contributed by atoms with Crippen LogP contribution in [0.1, 0.15) is 18.4 Å². The molecule has 0 spiro atoms. The van der Waals surface area contributed by atoms with Gasteiger partial charge in [-0.15, -0.1) is 10.2 Å². The molecule has 0 unspecified atom stereocenters. The van der Waals surface area contributed by atoms with E-state index in [1.165, 1.54) is 17.3 Å². The van der Waals surface area contributed by atoms with Crippen molar-refractivity contribution in [3.8, 4) is 11.3 Å². The van der Waals surface area contributed by atoms with Crippen LogP contribution in [-0.4, -0.2) is 28.4 Å². The summed E-state index contributed by atoms with van der Waals surface area (Å²) in [6.07, 6.45) is 0. The molecule has 1 atom stereocenters. The number of amides is 1. The fourth-order valence-corrected chi connectivity index (χ4v) is 4.15. The molecule has 0 saturated heterocycles. The largest absolute Gasteiger partial charge is 0.355 e. The normalized spacial score (nSPS) is 11.9. The number of rotatable bonds is 7. The maximum absolute atomic E-state index is 12.4. The van der Waals surface area contributed by atoms with Gasteiger partial charge in [0, 0.05) is 22.9 Å². The van der Waals surface area contributed by atoms with Gasteiger partial charge < -0.3 is 5.32 Å². The Balaban J connectivity index is 1.44. The van der Waals surface area contributed by atoms with Gasteiger partial charge in [-0.1, -0.05) is 104 Å². The molecule has 1 heterocycles. The van der Waals surface area contributed by atoms with Gasteiger partial charge in [-0.3, -0.25) is 4.79 Å². The Hall–Kier alpha value is -3.18. The van der Waals surface area contributed by atoms with Gasteiger partial charge in [0.25, 0.3) is 0 Å². The number of aromatic nitrogens is 2. The van der Waals surface area contributed by atoms with Crippen molar-refractivity contribution in [2.75, 3.05) is 12.3 Å². The van der Waals surface area contributed by atoms with Crippen molar-refractivity contribution in [1.29, 1.82) is 0 Å². The molecule has 5 heteroatoms. The third-order valence-corrected chi connectivity index (χ3v) is 6.00. The first-order valence-corrected chi connectivity index (χ1v) is 11.0. The highest BCUT2D eigenvalue weighted by Crippen LogP contribution is 2.31. The zero-order valence-corrected chi connectivity index (χ0v) is 17.6. The van der Waals surface area contributed by atoms with Crippen molar-refractivity contribution >= 4 is 28.4 Å². The lowest BCUT2D eigenvalue weighted by Gasteiger charge is -2.13. The second-order valence-electron chi connectivity index (χ2n) is 7.17. The highest BCUT2D eigenvalue weighted by Gasteiger charge is 2.13. The summed E-state index contributed by atoms with van der Waals surface area (Å²) in [6.45, 7) is 2.73. The minimum Gasteiger partial charge on any atom is -0.355 e. The number of thioether (sulfide) groups is 1. The van der Waals surface area contributed by atoms with Crippen molar-refractivity contribution in [3.05, 3.63) is 90.5 Å². The molecular formula is C25H23N3OS. The monoisotopic (exact) mass is 413 g/mol. The number of hydrogen-bond donors (Lipinski definition) is 1. The molecule has 4 rings (SSSR count). The van der Waals surface area contributed by atoms with E-state index in [-0.39, 0.29) is 11.8 Å². The van der Waals surface area contributed by atoms with E-state index in [0.29, 0.717) is 12.3 Å². The Bertz CT molecular complexity index is 1130. The topological polar surface area (TPSA) is 54.9 Å². The average Bonchev–Trinajstić information content (AvgIpc) is 2.82. The zero-order chi connectivity index (χ0) is 20.8. The van der Waals surface area contributed by atoms with E-state index in [4.69, 9.17) is 0 Å². The van der Waals surface area contributed by atoms with Crippen LogP contribution in [0.5, 0.6) is 0 Å². The number of carbonyl (C=O) groups excluding carboxylic acids is 1. The Morgan fingerprint density at radius 3 is 2.23 bits per heavy atom. The minimum atomic E-state index is 0.000739. The van der Waals surface area contributed by atoms with Crippen molar-refractivity contribution in [2.45, 2.75) is 17.9 Å². The SMILES string of the molecule is C[C@@H](CNC(=O)CSc1nnc(-c2ccccc2)c2ccccc12)c1ccccc1. The van der Waals surface area contributed by atoms with E-state index in [0.717, 1.165) is 27.1 Å². The fraction of sp³-hybridized carbons (Fsp3) is 0.160. The van der Waals surface area contributed by atoms with E-state index < -0.39 is 0 Å². The first kappa shape index (κ1) is 20.1. The van der Waals surface area contributed by atoms with Crippen molar-refractivity contribution in [3.63, 3.8) is 0 Å². The molecule has 0 aliphatic heterocycles. The van der Waals surface area contributed by atoms with Crippen molar-refractivity contribution in [2.24, 2.45) is 0 Å². The van der Waals surface area contributed by atoms with Crippen LogP contribution in [0, 0.1) is 0 Å². The molecule has 0 aliphatic rings. The van der Waals surface area contributed by atoms with Gasteiger partial charge in [-0.05, 0) is 11.5 Å². The van der Waals surface area contributed by atoms with Gasteiger partial charge in [0.1, 0.15) is 10.7 Å². The summed E-state index contributed by atoms with van der Waals surface area (Å²) in [4.78, 5) is 12.4. The first-order chi connectivity index (χ1) is 14.7. The molecule has 0 radical (unpaired) electrons. The van der Waals surface area contributed by atoms with E-state index in [1.54, 1.807) is 0 Å². The maximum Gasteiger partial charge on any atom is 0.230 e. The lowest BCUT2D eigenvalue weighted by Crippen LogP contribution is -2.29. The summed E-state index contributed by atoms with van der Waals surface area (Å²) in [5.74, 6) is 0.581. The van der Waals surface area contributed by atoms with Gasteiger partial charge in [0.2, 0.25) is 5.91 Å². The summed E-state index contributed by atoms with van der Waals surface area (Å²) in [7, 11) is 0. The third-order valence-electron chi connectivity index (χ3n) is 5.01. The maximum atomic E-state index is 12.4. The predicted molar refractivity (Wildman–Crippen MR) is 124 cm³/mol. The summed E-state index contributed by atoms with van der Waals surface area (Å²) >= 11 is 1.42. The Labute approximate surface area is 180 Å². The van der Waals surface area contributed by atoms with E-state index in [9.17, 15) is 4.79 Å². The highest BCUT2D eigenvalue weighted by atomic mass is 32.2. The van der Waals surface area contributed by atoms with Gasteiger partial charge in [-0.25, -0.2) is 0 Å². The quantitative estimate of drug-likeness (QED) is 0.417. The summed E-state index contributed by atoms with van der Waals surface area (Å²) in [6, 6.07) is 28.3. The van der Waals surface area contributed by atoms with Crippen LogP contribution in [0.25, 0.3) is 22.0 Å². The molecule has 0 saturated carbocycles. The van der Waals surface area contributed by atoms with Gasteiger partial charge in [-0.2, -0.15) is 0 Å². The summed E-state index contributed by atoms with van der Waals surface area (Å²) in [5.41, 5.74) is 3.11. The number of benzene rings is 3. The Morgan fingerprint density at radius 1 is 0.867 bits per heavy atom. The number of nitrogens with one attached hydrogen (secondary N) is 1. The molecule has 4 aromatic rings. The second-order valence-corrected chi connectivity index (χ2v) is 8.13. The molecule has 0 fully saturated rings. The van der Waals surface area contributed by atoms with Gasteiger partial charge in [0.15, 0.2) is 0 Å². The molecule has 3 aromatic carbocycles. The second kappa shape index (κ2) is 9.55. The summed E-state index contributed by atoms with van der Waals surface area (Å²) < 4.78 is 0. The Morgan fingerprint density at radius 2 is 1.50 bits per heavy atom. The molecule has 1 aromatic heterocycles. The van der Waals surface area contributed by atoms with Crippen LogP contribution < -0.4 is 5.32 Å². The molecular weight excluding hydrogens is 390 g/mol. The van der Waals surface area contributed by atoms with Gasteiger partial charge >= 0.3 is 0 Å². The fourth-order valence-electron chi connectivity index (χ4n) is 3.35. The zero-order valence-electron chi connectivity index (χ0n) is 16.8. The molecule has 1 amide bonds. The predicted octanol–water partition coefficient (Wildman–Crippen LogP) is 5.31. The van der Waals surface area contributed by atoms with Crippen LogP contribution in [0.3, 0.4) is 0 Å². The highest BCUT2D eigenvalue weighted by molar-refractivity contribution is 8.00. The van der Waals surface area contributed by atoms with E-state index in [1.807, 2.05) is 66.7 Å². The standard InChI is InChI=1S/C25H23N3OS/c1-18(19-10-4-2-5-11-19)16-26-23(29)17-30-25-22-15-9-8-14-21(22)24(27-28-25)20-12-6-3-7-13-20/h2-15,18H,16-17H2,1H3,(H,26,29)/t18-/m0/s1. The van der Waals surface area contributed by atoms with Crippen LogP contribution in [0.4, 0.5) is 0 Å². The molecule has 0 aliphatic carbocycles. The first-order valence-electron chi connectivity index (χ1n) is 9.97. The number of fused-ring (bicyclic) bond motifs is 1. The lowest BCUT2D eigenvalue weighted by atomic mass is 10.0. The third kappa shape index (κ3) is 4.69. The smallest absolute Gasteiger partial charge is 0.230 e. The molecule has 1 N–H and O–H groups in total. The van der Waals surface area contributed by atoms with Crippen LogP contribution in [0.2, 0.25) is 0 Å². The average molecular weight is 414 g/mol. The number of carbonyl (C=O) groups is 1. The molecule has 0 bridgehead atoms. The number of nitrogens with zero attached hydrogens (tertiary/aromatic N) is 2. The van der Waals surface area contributed by atoms with Crippen LogP contribution in [-0.2, 0) is 4.79 Å². The van der Waals surface area contributed by atoms with E-state index >= 15 is 0 Å². The molecule has 150 valence electrons. The van der Waals surface area contributed by atoms with E-state index in [2.05, 4.69) is 40.6 Å². The molecule has 30 heavy (non-hydrogen) atoms. The van der Waals surface area contributed by atoms with Crippen molar-refractivity contribution < 1.29 is 4.79 Å². The summed E-state index contributed by atoms with van der Waals surface area (Å²) in [5, 5.41) is 14.8. The Kier molecular flexibility index (Phi) is 6.40. The van der Waals surface area contributed by atoms with Crippen LogP contribution in [0.15, 0.2) is 90.0 Å². The lowest BCUT2D eigenvalue weighted by molar-refractivity contribution is -0.118. The van der Waals surface area contributed by atoms with Crippen LogP contribution >= 0.6 is 11.8 Å². The number of hydrogen-bond acceptors (Lipinski definition) is 4. The molecule has 4 nitrogen and oxygen atoms in total. The van der Waals surface area contributed by atoms with Gasteiger partial charge in [0.05, 0.1) is 5.75 Å². The minimum absolute atomic E-state index is 0.000739.